The Hall–Kier alpha value is -3.59. The molecule has 0 radical (unpaired) electrons. The zero-order valence-corrected chi connectivity index (χ0v) is 25.3. The minimum Gasteiger partial charge on any atom is -0.490 e. The molecule has 3 aliphatic heterocycles. The van der Waals surface area contributed by atoms with Crippen LogP contribution in [-0.4, -0.2) is 85.8 Å². The third-order valence-corrected chi connectivity index (χ3v) is 10.2. The van der Waals surface area contributed by atoms with Gasteiger partial charge in [-0.25, -0.2) is 17.2 Å². The van der Waals surface area contributed by atoms with Gasteiger partial charge in [0.25, 0.3) is 5.91 Å². The lowest BCUT2D eigenvalue weighted by Gasteiger charge is -2.30. The minimum atomic E-state index is -4.21. The minimum absolute atomic E-state index is 0.0843. The summed E-state index contributed by atoms with van der Waals surface area (Å²) in [4.78, 5) is 15.5. The van der Waals surface area contributed by atoms with Gasteiger partial charge in [0.1, 0.15) is 23.5 Å². The maximum absolute atomic E-state index is 13.8. The predicted octanol–water partition coefficient (Wildman–Crippen LogP) is 3.75. The standard InChI is InChI=1S/C30H36F2N6O5S/c1-37-9-4-22(5-10-37)43-23-2-3-25(28(17-23)33-21-7-12-42-13-8-21)30(39)34-29-26-18-38(11-6-27(26)35-36-29)44(40,41)24-15-19(31)14-20(32)16-24/h2-3,14-17,21-22,33H,4-13,18H2,1H3,(H2,34,35,36,39). The van der Waals surface area contributed by atoms with Crippen LogP contribution in [0.4, 0.5) is 20.3 Å². The average Bonchev–Trinajstić information content (AvgIpc) is 3.40. The number of piperidine rings is 1. The molecule has 3 aliphatic rings. The van der Waals surface area contributed by atoms with Crippen molar-refractivity contribution in [3.8, 4) is 5.75 Å². The Morgan fingerprint density at radius 3 is 2.50 bits per heavy atom. The van der Waals surface area contributed by atoms with Crippen LogP contribution in [0.25, 0.3) is 0 Å². The summed E-state index contributed by atoms with van der Waals surface area (Å²) in [7, 11) is -2.11. The molecule has 0 bridgehead atoms. The third kappa shape index (κ3) is 6.72. The van der Waals surface area contributed by atoms with E-state index in [1.165, 1.54) is 0 Å². The first-order valence-corrected chi connectivity index (χ1v) is 16.3. The fraction of sp³-hybridized carbons (Fsp3) is 0.467. The molecule has 1 amide bonds. The summed E-state index contributed by atoms with van der Waals surface area (Å²) in [6, 6.07) is 7.69. The number of ether oxygens (including phenoxy) is 2. The highest BCUT2D eigenvalue weighted by molar-refractivity contribution is 7.89. The summed E-state index contributed by atoms with van der Waals surface area (Å²) in [5.41, 5.74) is 2.19. The van der Waals surface area contributed by atoms with Crippen molar-refractivity contribution in [1.82, 2.24) is 19.4 Å². The van der Waals surface area contributed by atoms with Crippen molar-refractivity contribution >= 4 is 27.4 Å². The first-order valence-electron chi connectivity index (χ1n) is 14.8. The molecule has 1 aromatic heterocycles. The molecule has 4 heterocycles. The van der Waals surface area contributed by atoms with Crippen molar-refractivity contribution in [3.63, 3.8) is 0 Å². The molecule has 0 saturated carbocycles. The first-order chi connectivity index (χ1) is 21.2. The lowest BCUT2D eigenvalue weighted by molar-refractivity contribution is 0.0904. The topological polar surface area (TPSA) is 129 Å². The number of sulfonamides is 1. The quantitative estimate of drug-likeness (QED) is 0.344. The van der Waals surface area contributed by atoms with Crippen molar-refractivity contribution in [2.45, 2.75) is 55.7 Å². The molecule has 2 fully saturated rings. The van der Waals surface area contributed by atoms with Gasteiger partial charge in [0.2, 0.25) is 10.0 Å². The summed E-state index contributed by atoms with van der Waals surface area (Å²) in [5.74, 6) is -1.51. The monoisotopic (exact) mass is 630 g/mol. The molecule has 3 N–H and O–H groups in total. The molecular weight excluding hydrogens is 594 g/mol. The number of carbonyl (C=O) groups excluding carboxylic acids is 1. The lowest BCUT2D eigenvalue weighted by atomic mass is 10.1. The Morgan fingerprint density at radius 1 is 1.05 bits per heavy atom. The number of fused-ring (bicyclic) bond motifs is 1. The zero-order chi connectivity index (χ0) is 30.8. The van der Waals surface area contributed by atoms with Gasteiger partial charge in [-0.1, -0.05) is 0 Å². The SMILES string of the molecule is CN1CCC(Oc2ccc(C(=O)Nc3n[nH]c4c3CN(S(=O)(=O)c3cc(F)cc(F)c3)CC4)c(NC3CCOCC3)c2)CC1. The van der Waals surface area contributed by atoms with Gasteiger partial charge in [-0.05, 0) is 57.0 Å². The molecular formula is C30H36F2N6O5S. The van der Waals surface area contributed by atoms with E-state index in [0.717, 1.165) is 55.2 Å². The molecule has 2 aromatic carbocycles. The van der Waals surface area contributed by atoms with E-state index >= 15 is 0 Å². The number of anilines is 2. The zero-order valence-electron chi connectivity index (χ0n) is 24.4. The predicted molar refractivity (Wildman–Crippen MR) is 159 cm³/mol. The molecule has 0 atom stereocenters. The fourth-order valence-electron chi connectivity index (χ4n) is 5.85. The first kappa shape index (κ1) is 30.4. The van der Waals surface area contributed by atoms with Crippen molar-refractivity contribution in [2.75, 3.05) is 50.5 Å². The largest absolute Gasteiger partial charge is 0.490 e. The van der Waals surface area contributed by atoms with Gasteiger partial charge >= 0.3 is 0 Å². The van der Waals surface area contributed by atoms with E-state index in [4.69, 9.17) is 9.47 Å². The highest BCUT2D eigenvalue weighted by atomic mass is 32.2. The summed E-state index contributed by atoms with van der Waals surface area (Å²) in [6.07, 6.45) is 3.83. The highest BCUT2D eigenvalue weighted by Crippen LogP contribution is 2.31. The summed E-state index contributed by atoms with van der Waals surface area (Å²) in [6.45, 7) is 3.14. The lowest BCUT2D eigenvalue weighted by Crippen LogP contribution is -2.36. The Kier molecular flexibility index (Phi) is 8.85. The second kappa shape index (κ2) is 12.8. The van der Waals surface area contributed by atoms with Crippen LogP contribution < -0.4 is 15.4 Å². The van der Waals surface area contributed by atoms with E-state index in [9.17, 15) is 22.0 Å². The second-order valence-corrected chi connectivity index (χ2v) is 13.5. The van der Waals surface area contributed by atoms with E-state index in [1.54, 1.807) is 12.1 Å². The van der Waals surface area contributed by atoms with Crippen LogP contribution in [-0.2, 0) is 27.7 Å². The maximum Gasteiger partial charge on any atom is 0.258 e. The highest BCUT2D eigenvalue weighted by Gasteiger charge is 2.32. The van der Waals surface area contributed by atoms with E-state index in [0.29, 0.717) is 47.5 Å². The summed E-state index contributed by atoms with van der Waals surface area (Å²) >= 11 is 0. The maximum atomic E-state index is 13.8. The van der Waals surface area contributed by atoms with E-state index in [2.05, 4.69) is 32.8 Å². The molecule has 0 spiro atoms. The number of likely N-dealkylation sites (tertiary alicyclic amines) is 1. The van der Waals surface area contributed by atoms with Gasteiger partial charge in [-0.2, -0.15) is 9.40 Å². The van der Waals surface area contributed by atoms with E-state index < -0.39 is 32.5 Å². The van der Waals surface area contributed by atoms with Crippen molar-refractivity contribution in [2.24, 2.45) is 0 Å². The average molecular weight is 631 g/mol. The molecule has 2 saturated heterocycles. The number of hydrogen-bond donors (Lipinski definition) is 3. The van der Waals surface area contributed by atoms with Gasteiger partial charge in [0, 0.05) is 75.2 Å². The van der Waals surface area contributed by atoms with Gasteiger partial charge < -0.3 is 25.0 Å². The Bertz CT molecular complexity index is 1600. The van der Waals surface area contributed by atoms with Crippen molar-refractivity contribution in [3.05, 3.63) is 64.9 Å². The van der Waals surface area contributed by atoms with Crippen LogP contribution in [0.3, 0.4) is 0 Å². The molecule has 6 rings (SSSR count). The normalized spacial score (nSPS) is 19.0. The van der Waals surface area contributed by atoms with Gasteiger partial charge in [0.15, 0.2) is 5.82 Å². The number of aromatic nitrogens is 2. The molecule has 11 nitrogen and oxygen atoms in total. The smallest absolute Gasteiger partial charge is 0.258 e. The molecule has 0 unspecified atom stereocenters. The van der Waals surface area contributed by atoms with E-state index in [1.807, 2.05) is 6.07 Å². The molecule has 0 aliphatic carbocycles. The van der Waals surface area contributed by atoms with Gasteiger partial charge in [0.05, 0.1) is 16.1 Å². The van der Waals surface area contributed by atoms with Gasteiger partial charge in [-0.3, -0.25) is 9.89 Å². The molecule has 44 heavy (non-hydrogen) atoms. The Labute approximate surface area is 254 Å². The number of amides is 1. The number of rotatable bonds is 8. The number of carbonyl (C=O) groups is 1. The number of benzene rings is 2. The molecule has 3 aromatic rings. The number of nitrogens with zero attached hydrogens (tertiary/aromatic N) is 3. The third-order valence-electron chi connectivity index (χ3n) is 8.39. The van der Waals surface area contributed by atoms with Crippen LogP contribution in [0, 0.1) is 11.6 Å². The number of hydrogen-bond acceptors (Lipinski definition) is 8. The Balaban J connectivity index is 1.22. The van der Waals surface area contributed by atoms with Crippen LogP contribution in [0.5, 0.6) is 5.75 Å². The summed E-state index contributed by atoms with van der Waals surface area (Å²) < 4.78 is 67.0. The Morgan fingerprint density at radius 2 is 1.77 bits per heavy atom. The number of nitrogens with one attached hydrogen (secondary N) is 3. The molecule has 236 valence electrons. The number of H-pyrrole nitrogens is 1. The van der Waals surface area contributed by atoms with Crippen LogP contribution >= 0.6 is 0 Å². The second-order valence-electron chi connectivity index (χ2n) is 11.5. The molecule has 14 heteroatoms. The van der Waals surface area contributed by atoms with E-state index in [-0.39, 0.29) is 37.5 Å². The fourth-order valence-corrected chi connectivity index (χ4v) is 7.30. The van der Waals surface area contributed by atoms with Crippen LogP contribution in [0.1, 0.15) is 47.3 Å². The van der Waals surface area contributed by atoms with Crippen molar-refractivity contribution < 1.29 is 31.5 Å². The number of aromatic amines is 1. The summed E-state index contributed by atoms with van der Waals surface area (Å²) in [5, 5.41) is 13.5. The number of halogens is 2. The van der Waals surface area contributed by atoms with Crippen LogP contribution in [0.15, 0.2) is 41.3 Å². The van der Waals surface area contributed by atoms with Crippen molar-refractivity contribution in [1.29, 1.82) is 0 Å². The van der Waals surface area contributed by atoms with Gasteiger partial charge in [-0.15, -0.1) is 0 Å². The van der Waals surface area contributed by atoms with Crippen LogP contribution in [0.2, 0.25) is 0 Å².